The van der Waals surface area contributed by atoms with Crippen LogP contribution in [0.25, 0.3) is 0 Å². The van der Waals surface area contributed by atoms with Crippen molar-refractivity contribution in [2.75, 3.05) is 39.3 Å². The van der Waals surface area contributed by atoms with Crippen LogP contribution in [0.1, 0.15) is 25.3 Å². The van der Waals surface area contributed by atoms with Gasteiger partial charge in [0.25, 0.3) is 5.69 Å². The number of nitrogens with one attached hydrogen (secondary N) is 2. The van der Waals surface area contributed by atoms with Gasteiger partial charge in [-0.2, -0.15) is 0 Å². The van der Waals surface area contributed by atoms with Gasteiger partial charge in [0, 0.05) is 50.9 Å². The Morgan fingerprint density at radius 2 is 1.87 bits per heavy atom. The van der Waals surface area contributed by atoms with E-state index in [9.17, 15) is 14.9 Å². The van der Waals surface area contributed by atoms with Gasteiger partial charge in [0.2, 0.25) is 5.91 Å². The lowest BCUT2D eigenvalue weighted by atomic mass is 10.2. The van der Waals surface area contributed by atoms with Gasteiger partial charge in [-0.3, -0.25) is 19.8 Å². The molecule has 2 N–H and O–H groups in total. The fourth-order valence-corrected chi connectivity index (χ4v) is 3.21. The van der Waals surface area contributed by atoms with E-state index in [-0.39, 0.29) is 35.6 Å². The number of hydrogen-bond donors (Lipinski definition) is 2. The van der Waals surface area contributed by atoms with Crippen molar-refractivity contribution >= 4 is 41.5 Å². The van der Waals surface area contributed by atoms with Crippen molar-refractivity contribution in [1.82, 2.24) is 20.4 Å². The Morgan fingerprint density at radius 3 is 2.42 bits per heavy atom. The minimum Gasteiger partial charge on any atom is -0.353 e. The number of guanidine groups is 1. The molecule has 10 heteroatoms. The van der Waals surface area contributed by atoms with Gasteiger partial charge in [-0.1, -0.05) is 24.3 Å². The number of carbonyl (C=O) groups is 1. The predicted octanol–water partition coefficient (Wildman–Crippen LogP) is 2.13. The van der Waals surface area contributed by atoms with Gasteiger partial charge in [0.15, 0.2) is 5.96 Å². The van der Waals surface area contributed by atoms with Crippen LogP contribution in [-0.2, 0) is 11.3 Å². The zero-order valence-electron chi connectivity index (χ0n) is 17.9. The highest BCUT2D eigenvalue weighted by Crippen LogP contribution is 2.18. The van der Waals surface area contributed by atoms with E-state index in [0.717, 1.165) is 56.1 Å². The molecule has 1 heterocycles. The molecule has 31 heavy (non-hydrogen) atoms. The van der Waals surface area contributed by atoms with E-state index in [1.54, 1.807) is 12.1 Å². The van der Waals surface area contributed by atoms with Crippen molar-refractivity contribution in [3.63, 3.8) is 0 Å². The summed E-state index contributed by atoms with van der Waals surface area (Å²) >= 11 is 0. The second-order valence-electron chi connectivity index (χ2n) is 7.98. The molecule has 0 spiro atoms. The number of nitro benzene ring substituents is 1. The third-order valence-electron chi connectivity index (χ3n) is 5.09. The van der Waals surface area contributed by atoms with Gasteiger partial charge in [-0.05, 0) is 25.3 Å². The summed E-state index contributed by atoms with van der Waals surface area (Å²) in [5.74, 6) is 0.900. The SMILES string of the molecule is C=C(C)CNC(=NCc1ccc([N+](=O)[O-])cc1)N1CCN(CC(=O)NC2CC2)CC1.I. The summed E-state index contributed by atoms with van der Waals surface area (Å²) < 4.78 is 0. The number of hydrogen-bond acceptors (Lipinski definition) is 5. The fourth-order valence-electron chi connectivity index (χ4n) is 3.21. The molecule has 0 atom stereocenters. The molecule has 3 rings (SSSR count). The summed E-state index contributed by atoms with van der Waals surface area (Å²) in [6.07, 6.45) is 2.20. The smallest absolute Gasteiger partial charge is 0.269 e. The van der Waals surface area contributed by atoms with E-state index in [4.69, 9.17) is 4.99 Å². The summed E-state index contributed by atoms with van der Waals surface area (Å²) in [5, 5.41) is 17.2. The van der Waals surface area contributed by atoms with Crippen LogP contribution in [0.5, 0.6) is 0 Å². The Hall–Kier alpha value is -2.21. The lowest BCUT2D eigenvalue weighted by Crippen LogP contribution is -2.54. The van der Waals surface area contributed by atoms with Crippen LogP contribution in [0, 0.1) is 10.1 Å². The van der Waals surface area contributed by atoms with Crippen LogP contribution in [-0.4, -0.2) is 71.9 Å². The topological polar surface area (TPSA) is 103 Å². The number of aliphatic imine (C=N–C) groups is 1. The number of non-ortho nitro benzene ring substituents is 1. The molecular weight excluding hydrogens is 511 g/mol. The highest BCUT2D eigenvalue weighted by atomic mass is 127. The quantitative estimate of drug-likeness (QED) is 0.130. The Bertz CT molecular complexity index is 802. The van der Waals surface area contributed by atoms with E-state index < -0.39 is 4.92 Å². The Kier molecular flexibility index (Phi) is 9.69. The zero-order valence-corrected chi connectivity index (χ0v) is 20.2. The third kappa shape index (κ3) is 8.44. The third-order valence-corrected chi connectivity index (χ3v) is 5.09. The Balaban J connectivity index is 0.00000341. The van der Waals surface area contributed by atoms with Crippen molar-refractivity contribution in [2.24, 2.45) is 4.99 Å². The fraction of sp³-hybridized carbons (Fsp3) is 0.524. The average molecular weight is 542 g/mol. The maximum Gasteiger partial charge on any atom is 0.269 e. The first-order chi connectivity index (χ1) is 14.4. The molecule has 2 aliphatic rings. The van der Waals surface area contributed by atoms with Crippen molar-refractivity contribution in [2.45, 2.75) is 32.4 Å². The molecule has 1 aliphatic carbocycles. The molecule has 170 valence electrons. The summed E-state index contributed by atoms with van der Waals surface area (Å²) in [6.45, 7) is 10.5. The molecule has 1 aromatic rings. The van der Waals surface area contributed by atoms with E-state index >= 15 is 0 Å². The van der Waals surface area contributed by atoms with Gasteiger partial charge in [0.1, 0.15) is 0 Å². The lowest BCUT2D eigenvalue weighted by molar-refractivity contribution is -0.384. The van der Waals surface area contributed by atoms with Gasteiger partial charge in [-0.25, -0.2) is 4.99 Å². The second-order valence-corrected chi connectivity index (χ2v) is 7.98. The lowest BCUT2D eigenvalue weighted by Gasteiger charge is -2.36. The van der Waals surface area contributed by atoms with E-state index in [2.05, 4.69) is 27.0 Å². The van der Waals surface area contributed by atoms with E-state index in [1.165, 1.54) is 12.1 Å². The molecule has 1 amide bonds. The number of nitro groups is 1. The normalized spacial score (nSPS) is 16.9. The zero-order chi connectivity index (χ0) is 21.5. The minimum atomic E-state index is -0.405. The van der Waals surface area contributed by atoms with E-state index in [0.29, 0.717) is 25.7 Å². The Morgan fingerprint density at radius 1 is 1.23 bits per heavy atom. The first-order valence-corrected chi connectivity index (χ1v) is 10.3. The van der Waals surface area contributed by atoms with Crippen LogP contribution >= 0.6 is 24.0 Å². The molecule has 1 saturated heterocycles. The van der Waals surface area contributed by atoms with Crippen LogP contribution in [0.4, 0.5) is 5.69 Å². The Labute approximate surface area is 200 Å². The standard InChI is InChI=1S/C21H30N6O3.HI/c1-16(2)13-22-21(23-14-17-3-7-19(8-4-17)27(29)30)26-11-9-25(10-12-26)15-20(28)24-18-5-6-18;/h3-4,7-8,18H,1,5-6,9-15H2,2H3,(H,22,23)(H,24,28);1H. The maximum atomic E-state index is 12.0. The molecular formula is C21H31IN6O3. The molecule has 0 radical (unpaired) electrons. The van der Waals surface area contributed by atoms with Gasteiger partial charge in [0.05, 0.1) is 18.0 Å². The van der Waals surface area contributed by atoms with Crippen molar-refractivity contribution < 1.29 is 9.72 Å². The van der Waals surface area contributed by atoms with Gasteiger partial charge in [-0.15, -0.1) is 24.0 Å². The molecule has 2 fully saturated rings. The highest BCUT2D eigenvalue weighted by molar-refractivity contribution is 14.0. The number of piperazine rings is 1. The van der Waals surface area contributed by atoms with Crippen LogP contribution < -0.4 is 10.6 Å². The summed E-state index contributed by atoms with van der Waals surface area (Å²) in [4.78, 5) is 31.5. The number of carbonyl (C=O) groups excluding carboxylic acids is 1. The summed E-state index contributed by atoms with van der Waals surface area (Å²) in [6, 6.07) is 6.85. The molecule has 1 aromatic carbocycles. The molecule has 1 aliphatic heterocycles. The number of rotatable bonds is 8. The summed E-state index contributed by atoms with van der Waals surface area (Å²) in [5.41, 5.74) is 1.99. The largest absolute Gasteiger partial charge is 0.353 e. The number of nitrogens with zero attached hydrogens (tertiary/aromatic N) is 4. The first kappa shape index (κ1) is 25.1. The molecule has 9 nitrogen and oxygen atoms in total. The number of halogens is 1. The average Bonchev–Trinajstić information content (AvgIpc) is 3.53. The first-order valence-electron chi connectivity index (χ1n) is 10.3. The van der Waals surface area contributed by atoms with Crippen molar-refractivity contribution in [3.8, 4) is 0 Å². The predicted molar refractivity (Wildman–Crippen MR) is 132 cm³/mol. The van der Waals surface area contributed by atoms with Gasteiger partial charge >= 0.3 is 0 Å². The second kappa shape index (κ2) is 12.0. The highest BCUT2D eigenvalue weighted by Gasteiger charge is 2.26. The van der Waals surface area contributed by atoms with Crippen LogP contribution in [0.15, 0.2) is 41.4 Å². The number of benzene rings is 1. The minimum absolute atomic E-state index is 0. The van der Waals surface area contributed by atoms with Crippen molar-refractivity contribution in [3.05, 3.63) is 52.1 Å². The van der Waals surface area contributed by atoms with Crippen molar-refractivity contribution in [1.29, 1.82) is 0 Å². The van der Waals surface area contributed by atoms with Gasteiger partial charge < -0.3 is 15.5 Å². The maximum absolute atomic E-state index is 12.0. The molecule has 0 bridgehead atoms. The summed E-state index contributed by atoms with van der Waals surface area (Å²) in [7, 11) is 0. The molecule has 0 unspecified atom stereocenters. The number of amides is 1. The van der Waals surface area contributed by atoms with Crippen LogP contribution in [0.2, 0.25) is 0 Å². The monoisotopic (exact) mass is 542 g/mol. The van der Waals surface area contributed by atoms with Crippen LogP contribution in [0.3, 0.4) is 0 Å². The molecule has 0 aromatic heterocycles. The molecule has 1 saturated carbocycles. The van der Waals surface area contributed by atoms with E-state index in [1.807, 2.05) is 6.92 Å².